The number of aliphatic hydroxyl groups excluding tert-OH is 21. The van der Waals surface area contributed by atoms with Crippen molar-refractivity contribution in [3.63, 3.8) is 0 Å². The maximum atomic E-state index is 16.2. The molecule has 4 saturated carbocycles. The van der Waals surface area contributed by atoms with Gasteiger partial charge in [-0.1, -0.05) is 115 Å². The third-order valence-corrected chi connectivity index (χ3v) is 32.6. The summed E-state index contributed by atoms with van der Waals surface area (Å²) < 4.78 is 104. The molecule has 1 aromatic rings. The number of ether oxygens (including phenoxy) is 17. The summed E-state index contributed by atoms with van der Waals surface area (Å²) in [6, 6.07) is 9.41. The molecule has 24 unspecified atom stereocenters. The van der Waals surface area contributed by atoms with Gasteiger partial charge in [0.05, 0.1) is 56.9 Å². The Hall–Kier alpha value is -4.15. The summed E-state index contributed by atoms with van der Waals surface area (Å²) in [6.07, 6.45) is -62.9. The van der Waals surface area contributed by atoms with Crippen molar-refractivity contribution in [3.05, 3.63) is 47.5 Å². The fourth-order valence-corrected chi connectivity index (χ4v) is 24.1. The van der Waals surface area contributed by atoms with Crippen molar-refractivity contribution in [3.8, 4) is 0 Å². The van der Waals surface area contributed by atoms with Crippen LogP contribution in [0.1, 0.15) is 183 Å². The van der Waals surface area contributed by atoms with Gasteiger partial charge < -0.3 is 193 Å². The lowest BCUT2D eigenvalue weighted by Crippen LogP contribution is -2.71. The lowest BCUT2D eigenvalue weighted by Gasteiger charge is -2.71. The quantitative estimate of drug-likeness (QED) is 0.00801. The van der Waals surface area contributed by atoms with Crippen molar-refractivity contribution in [2.75, 3.05) is 33.0 Å². The molecule has 12 fully saturated rings. The highest BCUT2D eigenvalue weighted by Gasteiger charge is 2.74. The maximum Gasteiger partial charge on any atom is 0.317 e. The lowest BCUT2D eigenvalue weighted by atomic mass is 9.34. The van der Waals surface area contributed by atoms with Crippen LogP contribution < -0.4 is 5.32 Å². The minimum absolute atomic E-state index is 0.0260. The van der Waals surface area contributed by atoms with E-state index in [1.165, 1.54) is 20.8 Å². The van der Waals surface area contributed by atoms with E-state index in [1.54, 1.807) is 6.92 Å². The first-order chi connectivity index (χ1) is 64.8. The Morgan fingerprint density at radius 2 is 0.956 bits per heavy atom. The molecule has 23 N–H and O–H groups in total. The first-order valence-electron chi connectivity index (χ1n) is 48.4. The third-order valence-electron chi connectivity index (χ3n) is 32.6. The lowest BCUT2D eigenvalue weighted by molar-refractivity contribution is -0.419. The fraction of sp³-hybridized carbons (Fsp3) is 0.882. The zero-order chi connectivity index (χ0) is 99.4. The van der Waals surface area contributed by atoms with Crippen LogP contribution in [-0.2, 0) is 106 Å². The Morgan fingerprint density at radius 1 is 0.445 bits per heavy atom. The van der Waals surface area contributed by atoms with Crippen LogP contribution in [0.15, 0.2) is 42.0 Å². The first-order valence-corrected chi connectivity index (χ1v) is 48.4. The number of carbonyl (C=O) groups excluding carboxylic acids is 3. The monoisotopic (exact) mass is 1970 g/mol. The van der Waals surface area contributed by atoms with E-state index in [2.05, 4.69) is 46.0 Å². The number of unbranched alkanes of at least 4 members (excludes halogenated alkanes) is 7. The van der Waals surface area contributed by atoms with Gasteiger partial charge in [0.1, 0.15) is 170 Å². The number of esters is 2. The number of rotatable bonds is 33. The van der Waals surface area contributed by atoms with Crippen molar-refractivity contribution in [2.24, 2.45) is 44.8 Å². The molecule has 1 aromatic carbocycles. The molecule has 14 rings (SSSR count). The van der Waals surface area contributed by atoms with Gasteiger partial charge in [0.25, 0.3) is 5.91 Å². The summed E-state index contributed by atoms with van der Waals surface area (Å²) in [5, 5.41) is 253. The van der Waals surface area contributed by atoms with Gasteiger partial charge in [-0.3, -0.25) is 19.6 Å². The van der Waals surface area contributed by atoms with Crippen LogP contribution in [0, 0.1) is 44.8 Å². The van der Waals surface area contributed by atoms with Crippen molar-refractivity contribution >= 4 is 17.8 Å². The minimum atomic E-state index is -2.24. The topological polar surface area (TPSA) is 674 Å². The molecule has 782 valence electrons. The second-order valence-electron chi connectivity index (χ2n) is 41.8. The number of hydrogen-bond acceptors (Lipinski definition) is 43. The SMILES string of the molecule is CC1OC(O[C@@H]2C(O[C@@H]3OC(CO)[C@H](O)[C@H](O)C3O)[C@H](O[C@H]3CCC4(C)C5CC=C6C7CC(C)(C)CCC7(C(=O)O[C@@H]7OC(C)[C@H](O)[C@H](O)C7OC7OC(C)[C@H](O[C@@H]8OC[C@@H](O)[C@H](O)C8O)C(O[C@@H]8OC(CO)[C@@H](O)[C@H](O[C@@H]9OC[C@@H](O)[C@H](O)C9O)C8O)[C@@H]7O)[C@@H](O)C[C@@]6(C)C5(C)CC[C@H]4C3(C)OO)OC(C(=O)NCCCCCCCCCCC(=O)OCc3ccccc3)[C@H]2O)C(O)C(O)C1O. The number of benzene rings is 1. The Balaban J connectivity index is 0.702. The summed E-state index contributed by atoms with van der Waals surface area (Å²) in [6.45, 7) is 13.5. The summed E-state index contributed by atoms with van der Waals surface area (Å²) in [5.74, 6) is -3.83. The van der Waals surface area contributed by atoms with E-state index < -0.39 is 328 Å². The van der Waals surface area contributed by atoms with E-state index in [4.69, 9.17) is 85.4 Å². The van der Waals surface area contributed by atoms with Crippen molar-refractivity contribution < 1.29 is 212 Å². The van der Waals surface area contributed by atoms with Crippen molar-refractivity contribution in [2.45, 2.75) is 436 Å². The van der Waals surface area contributed by atoms with Crippen LogP contribution in [0.5, 0.6) is 0 Å². The Bertz CT molecular complexity index is 4110. The molecule has 0 spiro atoms. The Morgan fingerprint density at radius 3 is 1.58 bits per heavy atom. The van der Waals surface area contributed by atoms with Crippen molar-refractivity contribution in [1.82, 2.24) is 5.32 Å². The number of hydrogen-bond donors (Lipinski definition) is 23. The molecule has 8 saturated heterocycles. The van der Waals surface area contributed by atoms with Gasteiger partial charge in [0.2, 0.25) is 6.29 Å². The number of amides is 1. The number of nitrogens with one attached hydrogen (secondary N) is 1. The molecule has 44 heteroatoms. The molecule has 1 amide bonds. The van der Waals surface area contributed by atoms with Gasteiger partial charge in [-0.05, 0) is 143 Å². The largest absolute Gasteiger partial charge is 0.461 e. The molecule has 0 bridgehead atoms. The van der Waals surface area contributed by atoms with Crippen molar-refractivity contribution in [1.29, 1.82) is 0 Å². The minimum Gasteiger partial charge on any atom is -0.461 e. The number of aliphatic hydroxyl groups is 21. The van der Waals surface area contributed by atoms with Crippen LogP contribution in [0.2, 0.25) is 0 Å². The fourth-order valence-electron chi connectivity index (χ4n) is 24.1. The molecule has 137 heavy (non-hydrogen) atoms. The van der Waals surface area contributed by atoms with E-state index in [0.717, 1.165) is 43.2 Å². The average Bonchev–Trinajstić information content (AvgIpc) is 0.668. The van der Waals surface area contributed by atoms with Crippen LogP contribution in [0.3, 0.4) is 0 Å². The van der Waals surface area contributed by atoms with Crippen LogP contribution in [0.4, 0.5) is 0 Å². The van der Waals surface area contributed by atoms with Crippen LogP contribution in [-0.4, -0.2) is 415 Å². The molecule has 8 heterocycles. The molecular formula is C93H147NO43. The summed E-state index contributed by atoms with van der Waals surface area (Å²) >= 11 is 0. The highest BCUT2D eigenvalue weighted by molar-refractivity contribution is 5.82. The smallest absolute Gasteiger partial charge is 0.317 e. The molecule has 0 aromatic heterocycles. The summed E-state index contributed by atoms with van der Waals surface area (Å²) in [4.78, 5) is 49.2. The van der Waals surface area contributed by atoms with Gasteiger partial charge in [-0.2, -0.15) is 0 Å². The maximum absolute atomic E-state index is 16.2. The number of fused-ring (bicyclic) bond motifs is 7. The highest BCUT2D eigenvalue weighted by Crippen LogP contribution is 2.76. The third kappa shape index (κ3) is 21.6. The van der Waals surface area contributed by atoms with Gasteiger partial charge in [0.15, 0.2) is 56.2 Å². The van der Waals surface area contributed by atoms with E-state index in [-0.39, 0.29) is 44.3 Å². The summed E-state index contributed by atoms with van der Waals surface area (Å²) in [5.41, 5.74) is -4.71. The number of carbonyl (C=O) groups is 3. The number of allylic oxidation sites excluding steroid dienone is 2. The molecule has 0 radical (unpaired) electrons. The second kappa shape index (κ2) is 44.7. The molecule has 44 nitrogen and oxygen atoms in total. The first kappa shape index (κ1) is 109. The summed E-state index contributed by atoms with van der Waals surface area (Å²) in [7, 11) is 0. The van der Waals surface area contributed by atoms with E-state index in [1.807, 2.05) is 30.3 Å². The normalized spacial score (nSPS) is 48.9. The molecule has 13 aliphatic rings. The Labute approximate surface area is 793 Å². The zero-order valence-corrected chi connectivity index (χ0v) is 78.7. The van der Waals surface area contributed by atoms with Gasteiger partial charge in [0, 0.05) is 13.0 Å². The predicted molar refractivity (Wildman–Crippen MR) is 461 cm³/mol. The zero-order valence-electron chi connectivity index (χ0n) is 78.7. The molecular weight excluding hydrogens is 1820 g/mol. The molecule has 5 aliphatic carbocycles. The molecule has 48 atom stereocenters. The van der Waals surface area contributed by atoms with Gasteiger partial charge in [-0.15, -0.1) is 0 Å². The highest BCUT2D eigenvalue weighted by atomic mass is 17.1. The van der Waals surface area contributed by atoms with Gasteiger partial charge >= 0.3 is 11.9 Å². The van der Waals surface area contributed by atoms with Gasteiger partial charge in [-0.25, -0.2) is 4.89 Å². The average molecular weight is 1970 g/mol. The molecule has 8 aliphatic heterocycles. The second-order valence-corrected chi connectivity index (χ2v) is 41.8. The standard InChI is InChI=1S/C93H147NO43/c1-40-55(101)61(107)66(112)81(123-40)131-73-68(114)75(78(117)94-32-20-15-13-11-10-12-14-19-23-54(100)120-37-43-21-17-16-18-22-43)133-86(77(73)135-82-67(113)62(108)59(105)48(35-95)126-82)128-53-27-28-89(6)50-25-24-44-45-33-88(4,5)30-31-93(45,52(99)34-91(44,8)90(50,7)29-26-51(89)92(53,9)137-119)87(118)136-85-76(63(109)56(102)41(2)124-85)134-83-70(116)74(71(42(3)125-83)129-79-64(110)57(103)46(97)38-121-79)132-84-69(115)72(60(106)49(36-96)127-84)130-80-65(111)58(104)47(98)39-122-80/h16-18,21-22,24,40-42,45-53,55-77,79-86,95-99,101-116,119H,10-15,19-20,23,25-39H2,1-9H3,(H,94,117)/t40?,41?,42?,45?,46-,47-,48?,49?,50?,51-,52+,53+,55?,56+,57+,58+,59+,60-,61?,62+,63+,64?,65?,66?,67?,68+,69?,70+,71+,72+,73+,74?,75?,76?,77?,79+,80+,81?,82+,83?,84+,85+,86-,89?,90?,91-,92?,93?/m1/s1. The Kier molecular flexibility index (Phi) is 35.4. The van der Waals surface area contributed by atoms with E-state index in [9.17, 15) is 122 Å². The van der Waals surface area contributed by atoms with Crippen LogP contribution in [0.25, 0.3) is 0 Å². The van der Waals surface area contributed by atoms with E-state index in [0.29, 0.717) is 64.2 Å². The van der Waals surface area contributed by atoms with E-state index >= 15 is 4.79 Å². The predicted octanol–water partition coefficient (Wildman–Crippen LogP) is -3.81. The van der Waals surface area contributed by atoms with Crippen LogP contribution >= 0.6 is 0 Å².